The second-order valence-electron chi connectivity index (χ2n) is 5.56. The Morgan fingerprint density at radius 1 is 1.47 bits per heavy atom. The Morgan fingerprint density at radius 2 is 2.21 bits per heavy atom. The summed E-state index contributed by atoms with van der Waals surface area (Å²) < 4.78 is 4.86. The molecule has 1 amide bonds. The van der Waals surface area contributed by atoms with Crippen LogP contribution in [0.4, 0.5) is 4.79 Å². The Balaban J connectivity index is 2.05. The predicted molar refractivity (Wildman–Crippen MR) is 69.0 cm³/mol. The van der Waals surface area contributed by atoms with Crippen LogP contribution in [0.5, 0.6) is 0 Å². The van der Waals surface area contributed by atoms with Gasteiger partial charge in [0.05, 0.1) is 0 Å². The van der Waals surface area contributed by atoms with Crippen molar-refractivity contribution in [2.24, 2.45) is 0 Å². The topological polar surface area (TPSA) is 70.1 Å². The van der Waals surface area contributed by atoms with Crippen LogP contribution in [0.25, 0.3) is 0 Å². The molecule has 0 aromatic rings. The third-order valence-electron chi connectivity index (χ3n) is 4.00. The highest BCUT2D eigenvalue weighted by Gasteiger charge is 2.40. The van der Waals surface area contributed by atoms with Crippen molar-refractivity contribution in [2.75, 3.05) is 19.7 Å². The molecular weight excluding hydrogens is 248 g/mol. The lowest BCUT2D eigenvalue weighted by Gasteiger charge is -2.40. The summed E-state index contributed by atoms with van der Waals surface area (Å²) in [7, 11) is 0. The van der Waals surface area contributed by atoms with Gasteiger partial charge in [0, 0.05) is 18.6 Å². The lowest BCUT2D eigenvalue weighted by molar-refractivity contribution is -0.141. The minimum atomic E-state index is -0.988. The van der Waals surface area contributed by atoms with E-state index in [0.29, 0.717) is 12.6 Å². The number of aliphatic carboxylic acids is 1. The zero-order valence-electron chi connectivity index (χ0n) is 11.5. The average molecular weight is 270 g/mol. The first kappa shape index (κ1) is 14.1. The maximum Gasteiger partial charge on any atom is 0.410 e. The largest absolute Gasteiger partial charge is 0.480 e. The quantitative estimate of drug-likeness (QED) is 0.830. The third-order valence-corrected chi connectivity index (χ3v) is 4.00. The van der Waals surface area contributed by atoms with Crippen LogP contribution in [0.3, 0.4) is 0 Å². The lowest BCUT2D eigenvalue weighted by Crippen LogP contribution is -2.52. The van der Waals surface area contributed by atoms with E-state index in [9.17, 15) is 9.59 Å². The molecular formula is C13H22N2O4. The second kappa shape index (κ2) is 5.77. The normalized spacial score (nSPS) is 28.8. The molecule has 19 heavy (non-hydrogen) atoms. The highest BCUT2D eigenvalue weighted by Crippen LogP contribution is 2.23. The Bertz CT molecular complexity index is 359. The Hall–Kier alpha value is -1.30. The zero-order valence-corrected chi connectivity index (χ0v) is 11.5. The molecule has 2 atom stereocenters. The van der Waals surface area contributed by atoms with Crippen molar-refractivity contribution in [1.29, 1.82) is 0 Å². The Kier molecular flexibility index (Phi) is 4.29. The number of likely N-dealkylation sites (tertiary alicyclic amines) is 1. The van der Waals surface area contributed by atoms with Crippen LogP contribution < -0.4 is 0 Å². The maximum absolute atomic E-state index is 11.7. The number of rotatable bonds is 4. The zero-order chi connectivity index (χ0) is 14.0. The van der Waals surface area contributed by atoms with E-state index in [1.807, 2.05) is 0 Å². The number of piperidine rings is 1. The summed E-state index contributed by atoms with van der Waals surface area (Å²) in [6, 6.07) is -0.183. The number of carboxylic acid groups (broad SMARTS) is 1. The molecule has 6 nitrogen and oxygen atoms in total. The SMILES string of the molecule is CC(C)N1CCCCC1CN1C(=O)OCC1C(=O)O. The van der Waals surface area contributed by atoms with Crippen molar-refractivity contribution in [3.8, 4) is 0 Å². The fourth-order valence-corrected chi connectivity index (χ4v) is 2.98. The van der Waals surface area contributed by atoms with Crippen LogP contribution in [-0.4, -0.2) is 64.8 Å². The first-order chi connectivity index (χ1) is 9.00. The summed E-state index contributed by atoms with van der Waals surface area (Å²) in [6.07, 6.45) is 2.81. The molecule has 2 saturated heterocycles. The van der Waals surface area contributed by atoms with E-state index >= 15 is 0 Å². The molecule has 2 aliphatic rings. The minimum Gasteiger partial charge on any atom is -0.480 e. The number of hydrogen-bond donors (Lipinski definition) is 1. The van der Waals surface area contributed by atoms with Gasteiger partial charge < -0.3 is 9.84 Å². The van der Waals surface area contributed by atoms with Crippen LogP contribution in [0.1, 0.15) is 33.1 Å². The second-order valence-corrected chi connectivity index (χ2v) is 5.56. The van der Waals surface area contributed by atoms with Gasteiger partial charge in [-0.05, 0) is 33.2 Å². The van der Waals surface area contributed by atoms with Gasteiger partial charge in [-0.15, -0.1) is 0 Å². The summed E-state index contributed by atoms with van der Waals surface area (Å²) in [5.74, 6) is -0.988. The molecule has 0 aliphatic carbocycles. The average Bonchev–Trinajstić information content (AvgIpc) is 2.72. The number of carbonyl (C=O) groups is 2. The first-order valence-electron chi connectivity index (χ1n) is 6.92. The molecule has 1 N–H and O–H groups in total. The predicted octanol–water partition coefficient (Wildman–Crippen LogP) is 1.15. The third kappa shape index (κ3) is 3.00. The van der Waals surface area contributed by atoms with Gasteiger partial charge in [0.1, 0.15) is 6.61 Å². The summed E-state index contributed by atoms with van der Waals surface area (Å²) in [4.78, 5) is 26.5. The van der Waals surface area contributed by atoms with Gasteiger partial charge >= 0.3 is 12.1 Å². The number of nitrogens with zero attached hydrogens (tertiary/aromatic N) is 2. The lowest BCUT2D eigenvalue weighted by atomic mass is 9.99. The van der Waals surface area contributed by atoms with Crippen molar-refractivity contribution in [3.05, 3.63) is 0 Å². The number of hydrogen-bond acceptors (Lipinski definition) is 4. The first-order valence-corrected chi connectivity index (χ1v) is 6.92. The van der Waals surface area contributed by atoms with Gasteiger partial charge in [-0.3, -0.25) is 9.80 Å². The van der Waals surface area contributed by atoms with Crippen molar-refractivity contribution in [1.82, 2.24) is 9.80 Å². The van der Waals surface area contributed by atoms with Crippen molar-refractivity contribution in [2.45, 2.75) is 51.2 Å². The fraction of sp³-hybridized carbons (Fsp3) is 0.846. The monoisotopic (exact) mass is 270 g/mol. The van der Waals surface area contributed by atoms with Crippen LogP contribution in [0.15, 0.2) is 0 Å². The van der Waals surface area contributed by atoms with Gasteiger partial charge in [0.2, 0.25) is 0 Å². The number of ether oxygens (including phenoxy) is 1. The Morgan fingerprint density at radius 3 is 2.84 bits per heavy atom. The van der Waals surface area contributed by atoms with Gasteiger partial charge in [-0.25, -0.2) is 9.59 Å². The van der Waals surface area contributed by atoms with Gasteiger partial charge in [-0.1, -0.05) is 6.42 Å². The van der Waals surface area contributed by atoms with Crippen LogP contribution in [0.2, 0.25) is 0 Å². The molecule has 0 bridgehead atoms. The molecule has 6 heteroatoms. The van der Waals surface area contributed by atoms with E-state index in [-0.39, 0.29) is 12.6 Å². The summed E-state index contributed by atoms with van der Waals surface area (Å²) in [5.41, 5.74) is 0. The van der Waals surface area contributed by atoms with E-state index in [2.05, 4.69) is 18.7 Å². The molecule has 2 unspecified atom stereocenters. The number of cyclic esters (lactones) is 1. The maximum atomic E-state index is 11.7. The van der Waals surface area contributed by atoms with Crippen LogP contribution in [0, 0.1) is 0 Å². The molecule has 0 spiro atoms. The standard InChI is InChI=1S/C13H22N2O4/c1-9(2)14-6-4-3-5-10(14)7-15-11(12(16)17)8-19-13(15)18/h9-11H,3-8H2,1-2H3,(H,16,17). The summed E-state index contributed by atoms with van der Waals surface area (Å²) >= 11 is 0. The molecule has 0 aromatic carbocycles. The number of carbonyl (C=O) groups excluding carboxylic acids is 1. The highest BCUT2D eigenvalue weighted by atomic mass is 16.6. The number of amides is 1. The molecule has 2 heterocycles. The summed E-state index contributed by atoms with van der Waals surface area (Å²) in [6.45, 7) is 5.70. The van der Waals surface area contributed by atoms with E-state index in [4.69, 9.17) is 9.84 Å². The minimum absolute atomic E-state index is 0.0391. The van der Waals surface area contributed by atoms with E-state index < -0.39 is 18.1 Å². The van der Waals surface area contributed by atoms with Crippen LogP contribution in [-0.2, 0) is 9.53 Å². The van der Waals surface area contributed by atoms with Crippen molar-refractivity contribution < 1.29 is 19.4 Å². The molecule has 2 fully saturated rings. The molecule has 0 aromatic heterocycles. The smallest absolute Gasteiger partial charge is 0.410 e. The van der Waals surface area contributed by atoms with E-state index in [0.717, 1.165) is 19.4 Å². The highest BCUT2D eigenvalue weighted by molar-refractivity contribution is 5.82. The van der Waals surface area contributed by atoms with E-state index in [1.54, 1.807) is 0 Å². The van der Waals surface area contributed by atoms with Gasteiger partial charge in [-0.2, -0.15) is 0 Å². The molecule has 0 radical (unpaired) electrons. The van der Waals surface area contributed by atoms with E-state index in [1.165, 1.54) is 11.3 Å². The van der Waals surface area contributed by atoms with Crippen LogP contribution >= 0.6 is 0 Å². The molecule has 2 rings (SSSR count). The Labute approximate surface area is 113 Å². The number of carboxylic acids is 1. The van der Waals surface area contributed by atoms with Crippen molar-refractivity contribution >= 4 is 12.1 Å². The molecule has 2 aliphatic heterocycles. The van der Waals surface area contributed by atoms with Crippen molar-refractivity contribution in [3.63, 3.8) is 0 Å². The van der Waals surface area contributed by atoms with Gasteiger partial charge in [0.15, 0.2) is 6.04 Å². The fourth-order valence-electron chi connectivity index (χ4n) is 2.98. The van der Waals surface area contributed by atoms with Gasteiger partial charge in [0.25, 0.3) is 0 Å². The molecule has 0 saturated carbocycles. The summed E-state index contributed by atoms with van der Waals surface area (Å²) in [5, 5.41) is 9.12. The molecule has 108 valence electrons.